The molecule has 0 aliphatic carbocycles. The van der Waals surface area contributed by atoms with E-state index >= 15 is 0 Å². The number of hydrogen-bond acceptors (Lipinski definition) is 4. The van der Waals surface area contributed by atoms with Gasteiger partial charge >= 0.3 is 0 Å². The van der Waals surface area contributed by atoms with Crippen molar-refractivity contribution in [3.63, 3.8) is 0 Å². The second-order valence-corrected chi connectivity index (χ2v) is 6.56. The molecule has 2 N–H and O–H groups in total. The summed E-state index contributed by atoms with van der Waals surface area (Å²) in [5.74, 6) is 0.111. The first-order chi connectivity index (χ1) is 10.6. The van der Waals surface area contributed by atoms with Gasteiger partial charge in [-0.1, -0.05) is 30.3 Å². The normalized spacial score (nSPS) is 20.2. The van der Waals surface area contributed by atoms with Crippen LogP contribution in [0.3, 0.4) is 0 Å². The molecule has 1 aromatic heterocycles. The fourth-order valence-electron chi connectivity index (χ4n) is 2.84. The van der Waals surface area contributed by atoms with Crippen molar-refractivity contribution < 1.29 is 9.59 Å². The first-order valence-corrected chi connectivity index (χ1v) is 8.13. The molecule has 0 spiro atoms. The molecule has 1 aromatic carbocycles. The predicted molar refractivity (Wildman–Crippen MR) is 94.6 cm³/mol. The van der Waals surface area contributed by atoms with Gasteiger partial charge < -0.3 is 10.6 Å². The number of thiophene rings is 1. The van der Waals surface area contributed by atoms with Crippen LogP contribution in [0.25, 0.3) is 0 Å². The molecule has 4 nitrogen and oxygen atoms in total. The molecule has 1 aliphatic rings. The number of nitrogens with zero attached hydrogens (tertiary/aromatic N) is 1. The van der Waals surface area contributed by atoms with E-state index in [-0.39, 0.29) is 36.1 Å². The summed E-state index contributed by atoms with van der Waals surface area (Å²) in [6, 6.07) is 11.7. The van der Waals surface area contributed by atoms with Gasteiger partial charge in [0, 0.05) is 36.0 Å². The molecule has 2 aromatic rings. The van der Waals surface area contributed by atoms with E-state index in [4.69, 9.17) is 5.73 Å². The second kappa shape index (κ2) is 7.25. The van der Waals surface area contributed by atoms with Gasteiger partial charge in [0.15, 0.2) is 5.78 Å². The number of rotatable bonds is 3. The van der Waals surface area contributed by atoms with Crippen LogP contribution < -0.4 is 5.73 Å². The molecule has 1 amide bonds. The molecule has 2 atom stereocenters. The predicted octanol–water partition coefficient (Wildman–Crippen LogP) is 2.94. The van der Waals surface area contributed by atoms with Crippen LogP contribution in [0.1, 0.15) is 38.4 Å². The Balaban J connectivity index is 0.00000192. The molecule has 1 aliphatic heterocycles. The fourth-order valence-corrected chi connectivity index (χ4v) is 3.75. The summed E-state index contributed by atoms with van der Waals surface area (Å²) in [4.78, 5) is 26.3. The van der Waals surface area contributed by atoms with Crippen molar-refractivity contribution in [2.75, 3.05) is 13.1 Å². The minimum Gasteiger partial charge on any atom is -0.336 e. The number of benzene rings is 1. The lowest BCUT2D eigenvalue weighted by Crippen LogP contribution is -2.31. The van der Waals surface area contributed by atoms with E-state index in [0.717, 1.165) is 0 Å². The molecule has 0 unspecified atom stereocenters. The van der Waals surface area contributed by atoms with Crippen molar-refractivity contribution in [3.05, 3.63) is 57.8 Å². The number of hydrogen-bond donors (Lipinski definition) is 1. The Hall–Kier alpha value is -1.69. The number of carbonyl (C=O) groups is 2. The topological polar surface area (TPSA) is 63.4 Å². The second-order valence-electron chi connectivity index (χ2n) is 5.65. The molecular formula is C17H19ClN2O2S. The van der Waals surface area contributed by atoms with Crippen molar-refractivity contribution in [3.8, 4) is 0 Å². The number of ketones is 1. The third kappa shape index (κ3) is 3.63. The lowest BCUT2D eigenvalue weighted by molar-refractivity contribution is 0.0794. The molecule has 23 heavy (non-hydrogen) atoms. The molecule has 2 heterocycles. The minimum absolute atomic E-state index is 0. The van der Waals surface area contributed by atoms with E-state index in [0.29, 0.717) is 23.5 Å². The number of nitrogens with two attached hydrogens (primary N) is 1. The lowest BCUT2D eigenvalue weighted by atomic mass is 9.95. The monoisotopic (exact) mass is 350 g/mol. The van der Waals surface area contributed by atoms with Gasteiger partial charge in [0.2, 0.25) is 0 Å². The number of carbonyl (C=O) groups excluding carboxylic acids is 2. The zero-order valence-electron chi connectivity index (χ0n) is 12.8. The van der Waals surface area contributed by atoms with E-state index in [9.17, 15) is 9.59 Å². The smallest absolute Gasteiger partial charge is 0.264 e. The van der Waals surface area contributed by atoms with Gasteiger partial charge in [-0.15, -0.1) is 23.7 Å². The maximum atomic E-state index is 12.6. The van der Waals surface area contributed by atoms with Gasteiger partial charge in [0.1, 0.15) is 0 Å². The zero-order chi connectivity index (χ0) is 15.7. The van der Waals surface area contributed by atoms with Gasteiger partial charge in [-0.2, -0.15) is 0 Å². The first kappa shape index (κ1) is 17.7. The van der Waals surface area contributed by atoms with Gasteiger partial charge in [-0.3, -0.25) is 9.59 Å². The van der Waals surface area contributed by atoms with Crippen LogP contribution in [0, 0.1) is 0 Å². The Morgan fingerprint density at radius 2 is 1.91 bits per heavy atom. The van der Waals surface area contributed by atoms with Crippen molar-refractivity contribution in [2.45, 2.75) is 18.9 Å². The average molecular weight is 351 g/mol. The SMILES string of the molecule is CC(=O)c1csc(C(=O)N2C[C@@H](N)[C@H](c3ccccc3)C2)c1.Cl. The molecule has 1 fully saturated rings. The van der Waals surface area contributed by atoms with E-state index < -0.39 is 0 Å². The van der Waals surface area contributed by atoms with Crippen LogP contribution in [0.2, 0.25) is 0 Å². The van der Waals surface area contributed by atoms with Gasteiger partial charge in [0.25, 0.3) is 5.91 Å². The summed E-state index contributed by atoms with van der Waals surface area (Å²) in [6.07, 6.45) is 0. The lowest BCUT2D eigenvalue weighted by Gasteiger charge is -2.15. The zero-order valence-corrected chi connectivity index (χ0v) is 14.4. The van der Waals surface area contributed by atoms with Crippen LogP contribution in [-0.2, 0) is 0 Å². The molecular weight excluding hydrogens is 332 g/mol. The van der Waals surface area contributed by atoms with E-state index in [1.807, 2.05) is 18.2 Å². The summed E-state index contributed by atoms with van der Waals surface area (Å²) in [6.45, 7) is 2.68. The Kier molecular flexibility index (Phi) is 5.57. The number of likely N-dealkylation sites (tertiary alicyclic amines) is 1. The Morgan fingerprint density at radius 3 is 2.52 bits per heavy atom. The van der Waals surface area contributed by atoms with E-state index in [1.165, 1.54) is 23.8 Å². The van der Waals surface area contributed by atoms with Crippen LogP contribution in [0.15, 0.2) is 41.8 Å². The van der Waals surface area contributed by atoms with Crippen molar-refractivity contribution in [1.82, 2.24) is 4.90 Å². The summed E-state index contributed by atoms with van der Waals surface area (Å²) in [5, 5.41) is 1.74. The highest BCUT2D eigenvalue weighted by Crippen LogP contribution is 2.28. The molecule has 0 radical (unpaired) electrons. The van der Waals surface area contributed by atoms with Crippen LogP contribution in [0.5, 0.6) is 0 Å². The standard InChI is InChI=1S/C17H18N2O2S.ClH/c1-11(20)13-7-16(22-10-13)17(21)19-8-14(15(18)9-19)12-5-3-2-4-6-12;/h2-7,10,14-15H,8-9,18H2,1H3;1H/t14-,15+;/m0./s1. The van der Waals surface area contributed by atoms with Crippen LogP contribution in [0.4, 0.5) is 0 Å². The summed E-state index contributed by atoms with van der Waals surface area (Å²) < 4.78 is 0. The molecule has 0 saturated carbocycles. The molecule has 3 rings (SSSR count). The molecule has 6 heteroatoms. The van der Waals surface area contributed by atoms with Gasteiger partial charge in [-0.05, 0) is 18.6 Å². The molecule has 122 valence electrons. The highest BCUT2D eigenvalue weighted by molar-refractivity contribution is 7.12. The van der Waals surface area contributed by atoms with Crippen LogP contribution in [-0.4, -0.2) is 35.7 Å². The third-order valence-corrected chi connectivity index (χ3v) is 5.02. The number of Topliss-reactive ketones (excluding diaryl/α,β-unsaturated/α-hetero) is 1. The summed E-state index contributed by atoms with van der Waals surface area (Å²) in [7, 11) is 0. The highest BCUT2D eigenvalue weighted by atomic mass is 35.5. The van der Waals surface area contributed by atoms with Gasteiger partial charge in [-0.25, -0.2) is 0 Å². The Labute approximate surface area is 145 Å². The average Bonchev–Trinajstić information content (AvgIpc) is 3.14. The summed E-state index contributed by atoms with van der Waals surface area (Å²) >= 11 is 1.32. The highest BCUT2D eigenvalue weighted by Gasteiger charge is 2.34. The maximum Gasteiger partial charge on any atom is 0.264 e. The summed E-state index contributed by atoms with van der Waals surface area (Å²) in [5.41, 5.74) is 7.99. The van der Waals surface area contributed by atoms with E-state index in [1.54, 1.807) is 16.3 Å². The van der Waals surface area contributed by atoms with E-state index in [2.05, 4.69) is 12.1 Å². The largest absolute Gasteiger partial charge is 0.336 e. The van der Waals surface area contributed by atoms with Crippen LogP contribution >= 0.6 is 23.7 Å². The molecule has 1 saturated heterocycles. The van der Waals surface area contributed by atoms with Crippen molar-refractivity contribution in [1.29, 1.82) is 0 Å². The van der Waals surface area contributed by atoms with Crippen molar-refractivity contribution >= 4 is 35.4 Å². The first-order valence-electron chi connectivity index (χ1n) is 7.25. The Morgan fingerprint density at radius 1 is 1.22 bits per heavy atom. The quantitative estimate of drug-likeness (QED) is 0.866. The van der Waals surface area contributed by atoms with Crippen molar-refractivity contribution in [2.24, 2.45) is 5.73 Å². The Bertz CT molecular complexity index is 702. The molecule has 0 bridgehead atoms. The number of halogens is 1. The minimum atomic E-state index is -0.0569. The maximum absolute atomic E-state index is 12.6. The third-order valence-electron chi connectivity index (χ3n) is 4.10. The van der Waals surface area contributed by atoms with Gasteiger partial charge in [0.05, 0.1) is 4.88 Å². The number of amides is 1. The fraction of sp³-hybridized carbons (Fsp3) is 0.294.